The van der Waals surface area contributed by atoms with E-state index in [2.05, 4.69) is 22.5 Å². The van der Waals surface area contributed by atoms with Gasteiger partial charge in [0.15, 0.2) is 16.6 Å². The maximum atomic E-state index is 13.4. The number of furan rings is 1. The van der Waals surface area contributed by atoms with Crippen LogP contribution in [0, 0.1) is 11.8 Å². The molecule has 0 aromatic carbocycles. The number of amides is 2. The molecule has 206 valence electrons. The van der Waals surface area contributed by atoms with Crippen molar-refractivity contribution < 1.29 is 27.2 Å². The second-order valence-electron chi connectivity index (χ2n) is 10.5. The van der Waals surface area contributed by atoms with Gasteiger partial charge in [0.1, 0.15) is 6.04 Å². The van der Waals surface area contributed by atoms with Crippen molar-refractivity contribution in [3.8, 4) is 0 Å². The molecule has 2 amide bonds. The Hall–Kier alpha value is -3.05. The third-order valence-electron chi connectivity index (χ3n) is 7.66. The first-order chi connectivity index (χ1) is 18.1. The Morgan fingerprint density at radius 3 is 2.50 bits per heavy atom. The second-order valence-corrected chi connectivity index (χ2v) is 12.4. The largest absolute Gasteiger partial charge is 0.459 e. The van der Waals surface area contributed by atoms with Gasteiger partial charge in [-0.3, -0.25) is 14.4 Å². The van der Waals surface area contributed by atoms with Crippen molar-refractivity contribution in [3.05, 3.63) is 48.6 Å². The number of carbonyl (C=O) groups excluding carboxylic acids is 3. The minimum absolute atomic E-state index is 0.106. The topological polar surface area (TPSA) is 139 Å². The molecule has 1 saturated heterocycles. The van der Waals surface area contributed by atoms with Gasteiger partial charge in [-0.1, -0.05) is 38.7 Å². The maximum absolute atomic E-state index is 13.4. The van der Waals surface area contributed by atoms with Crippen molar-refractivity contribution >= 4 is 27.6 Å². The van der Waals surface area contributed by atoms with E-state index in [4.69, 9.17) is 4.42 Å². The fraction of sp³-hybridized carbons (Fsp3) is 0.556. The number of hydrogen-bond acceptors (Lipinski definition) is 7. The quantitative estimate of drug-likeness (QED) is 0.521. The molecule has 0 spiro atoms. The summed E-state index contributed by atoms with van der Waals surface area (Å²) in [4.78, 5) is 43.3. The van der Waals surface area contributed by atoms with Crippen LogP contribution in [0.2, 0.25) is 0 Å². The van der Waals surface area contributed by atoms with Crippen molar-refractivity contribution in [1.29, 1.82) is 0 Å². The number of pyridine rings is 1. The molecule has 3 heterocycles. The van der Waals surface area contributed by atoms with E-state index < -0.39 is 45.7 Å². The lowest BCUT2D eigenvalue weighted by molar-refractivity contribution is -0.129. The average Bonchev–Trinajstić information content (AvgIpc) is 3.41. The number of nitrogens with one attached hydrogen (secondary N) is 2. The lowest BCUT2D eigenvalue weighted by atomic mass is 9.80. The molecule has 2 aromatic rings. The molecule has 4 rings (SSSR count). The summed E-state index contributed by atoms with van der Waals surface area (Å²) < 4.78 is 32.7. The minimum Gasteiger partial charge on any atom is -0.459 e. The average molecular weight is 545 g/mol. The van der Waals surface area contributed by atoms with Crippen molar-refractivity contribution in [3.63, 3.8) is 0 Å². The van der Waals surface area contributed by atoms with E-state index in [0.717, 1.165) is 30.0 Å². The molecule has 2 aliphatic rings. The van der Waals surface area contributed by atoms with Crippen molar-refractivity contribution in [2.75, 3.05) is 6.54 Å². The standard InChI is InChI=1S/C27H36N4O6S/c1-18-8-11-20(12-9-18)16-22(30-27(34)24-6-5-15-37-24)26(33)29-21-13-10-19(2)31(17-23(21)32)38(35,36)25-7-3-4-14-28-25/h3-7,14-15,18-22H,8-13,16-17H2,1-2H3,(H,29,33)(H,30,34)/t18?,19-,20?,21+,22-/m1/s1. The molecule has 3 atom stereocenters. The molecular formula is C27H36N4O6S. The minimum atomic E-state index is -3.98. The highest BCUT2D eigenvalue weighted by atomic mass is 32.2. The fourth-order valence-electron chi connectivity index (χ4n) is 5.27. The molecule has 2 aromatic heterocycles. The lowest BCUT2D eigenvalue weighted by Gasteiger charge is -2.30. The smallest absolute Gasteiger partial charge is 0.287 e. The molecule has 1 saturated carbocycles. The van der Waals surface area contributed by atoms with Crippen LogP contribution in [0.5, 0.6) is 0 Å². The van der Waals surface area contributed by atoms with Crippen LogP contribution in [-0.2, 0) is 19.6 Å². The maximum Gasteiger partial charge on any atom is 0.287 e. The van der Waals surface area contributed by atoms with Crippen molar-refractivity contribution in [2.24, 2.45) is 11.8 Å². The van der Waals surface area contributed by atoms with Gasteiger partial charge in [0.2, 0.25) is 5.91 Å². The second kappa shape index (κ2) is 12.2. The summed E-state index contributed by atoms with van der Waals surface area (Å²) >= 11 is 0. The van der Waals surface area contributed by atoms with E-state index in [1.165, 1.54) is 24.6 Å². The van der Waals surface area contributed by atoms with Gasteiger partial charge >= 0.3 is 0 Å². The van der Waals surface area contributed by atoms with Gasteiger partial charge in [-0.05, 0) is 62.3 Å². The van der Waals surface area contributed by atoms with Crippen LogP contribution < -0.4 is 10.6 Å². The predicted octanol–water partition coefficient (Wildman–Crippen LogP) is 2.92. The molecule has 2 fully saturated rings. The first kappa shape index (κ1) is 28.0. The Bertz CT molecular complexity index is 1210. The fourth-order valence-corrected chi connectivity index (χ4v) is 6.83. The highest BCUT2D eigenvalue weighted by molar-refractivity contribution is 7.89. The van der Waals surface area contributed by atoms with Gasteiger partial charge in [0.25, 0.3) is 15.9 Å². The lowest BCUT2D eigenvalue weighted by Crippen LogP contribution is -2.53. The molecule has 10 nitrogen and oxygen atoms in total. The van der Waals surface area contributed by atoms with Gasteiger partial charge in [0.05, 0.1) is 18.8 Å². The highest BCUT2D eigenvalue weighted by Gasteiger charge is 2.38. The van der Waals surface area contributed by atoms with Gasteiger partial charge in [-0.2, -0.15) is 4.31 Å². The van der Waals surface area contributed by atoms with Gasteiger partial charge < -0.3 is 15.1 Å². The Labute approximate surface area is 223 Å². The monoisotopic (exact) mass is 544 g/mol. The molecule has 1 aliphatic heterocycles. The molecule has 0 unspecified atom stereocenters. The Morgan fingerprint density at radius 1 is 1.08 bits per heavy atom. The van der Waals surface area contributed by atoms with Crippen LogP contribution in [0.3, 0.4) is 0 Å². The summed E-state index contributed by atoms with van der Waals surface area (Å²) in [6, 6.07) is 5.58. The van der Waals surface area contributed by atoms with E-state index in [1.54, 1.807) is 25.1 Å². The Kier molecular flexibility index (Phi) is 8.99. The number of sulfonamides is 1. The third kappa shape index (κ3) is 6.68. The summed E-state index contributed by atoms with van der Waals surface area (Å²) in [6.45, 7) is 3.60. The SMILES string of the molecule is CC1CCC(C[C@@H](NC(=O)c2ccco2)C(=O)N[C@H]2CC[C@@H](C)N(S(=O)(=O)c3ccccn3)CC2=O)CC1. The van der Waals surface area contributed by atoms with Crippen molar-refractivity contribution in [1.82, 2.24) is 19.9 Å². The van der Waals surface area contributed by atoms with Gasteiger partial charge in [0, 0.05) is 12.2 Å². The number of carbonyl (C=O) groups is 3. The number of Topliss-reactive ketones (excluding diaryl/α,β-unsaturated/α-hetero) is 1. The number of hydrogen-bond donors (Lipinski definition) is 2. The van der Waals surface area contributed by atoms with Crippen LogP contribution in [0.15, 0.2) is 52.2 Å². The number of aromatic nitrogens is 1. The molecular weight excluding hydrogens is 508 g/mol. The van der Waals surface area contributed by atoms with Crippen LogP contribution in [-0.4, -0.2) is 60.0 Å². The van der Waals surface area contributed by atoms with Crippen LogP contribution in [0.25, 0.3) is 0 Å². The molecule has 0 radical (unpaired) electrons. The van der Waals surface area contributed by atoms with Gasteiger partial charge in [-0.15, -0.1) is 0 Å². The Morgan fingerprint density at radius 2 is 1.84 bits per heavy atom. The predicted molar refractivity (Wildman–Crippen MR) is 139 cm³/mol. The van der Waals surface area contributed by atoms with E-state index in [9.17, 15) is 22.8 Å². The number of ketones is 1. The van der Waals surface area contributed by atoms with E-state index in [0.29, 0.717) is 25.2 Å². The van der Waals surface area contributed by atoms with Crippen LogP contribution in [0.1, 0.15) is 69.3 Å². The van der Waals surface area contributed by atoms with Crippen LogP contribution >= 0.6 is 0 Å². The summed E-state index contributed by atoms with van der Waals surface area (Å²) in [5, 5.41) is 5.49. The summed E-state index contributed by atoms with van der Waals surface area (Å²) in [5.41, 5.74) is 0. The Balaban J connectivity index is 1.46. The highest BCUT2D eigenvalue weighted by Crippen LogP contribution is 2.31. The van der Waals surface area contributed by atoms with Crippen molar-refractivity contribution in [2.45, 2.75) is 81.9 Å². The number of rotatable bonds is 8. The molecule has 38 heavy (non-hydrogen) atoms. The summed E-state index contributed by atoms with van der Waals surface area (Å²) in [7, 11) is -3.98. The zero-order chi connectivity index (χ0) is 27.3. The zero-order valence-electron chi connectivity index (χ0n) is 21.8. The summed E-state index contributed by atoms with van der Waals surface area (Å²) in [5.74, 6) is -0.308. The van der Waals surface area contributed by atoms with Crippen LogP contribution in [0.4, 0.5) is 0 Å². The summed E-state index contributed by atoms with van der Waals surface area (Å²) in [6.07, 6.45) is 8.01. The molecule has 11 heteroatoms. The first-order valence-electron chi connectivity index (χ1n) is 13.3. The third-order valence-corrected chi connectivity index (χ3v) is 9.54. The molecule has 2 N–H and O–H groups in total. The van der Waals surface area contributed by atoms with E-state index >= 15 is 0 Å². The first-order valence-corrected chi connectivity index (χ1v) is 14.7. The van der Waals surface area contributed by atoms with Gasteiger partial charge in [-0.25, -0.2) is 13.4 Å². The molecule has 0 bridgehead atoms. The normalized spacial score (nSPS) is 25.8. The van der Waals surface area contributed by atoms with E-state index in [1.807, 2.05) is 0 Å². The molecule has 1 aliphatic carbocycles. The zero-order valence-corrected chi connectivity index (χ0v) is 22.7. The van der Waals surface area contributed by atoms with E-state index in [-0.39, 0.29) is 23.2 Å². The number of nitrogens with zero attached hydrogens (tertiary/aromatic N) is 2.